The molecular weight excluding hydrogens is 380 g/mol. The number of sulfonamides is 1. The Morgan fingerprint density at radius 2 is 1.68 bits per heavy atom. The van der Waals surface area contributed by atoms with Gasteiger partial charge < -0.3 is 4.90 Å². The van der Waals surface area contributed by atoms with Crippen LogP contribution in [0.15, 0.2) is 28.2 Å². The Balaban J connectivity index is 1.43. The Morgan fingerprint density at radius 3 is 2.36 bits per heavy atom. The first kappa shape index (κ1) is 19.1. The number of rotatable bonds is 3. The SMILES string of the molecule is O=C1CCC(C(=O)N2CCN(S(=O)(=O)c3ccc4c(c3)CCCC4)CC2)=NN1. The normalized spacial score (nSPS) is 20.9. The molecule has 0 spiro atoms. The van der Waals surface area contributed by atoms with E-state index < -0.39 is 10.0 Å². The lowest BCUT2D eigenvalue weighted by Crippen LogP contribution is -2.52. The molecule has 4 rings (SSSR count). The predicted octanol–water partition coefficient (Wildman–Crippen LogP) is 0.664. The first-order chi connectivity index (χ1) is 13.4. The minimum Gasteiger partial charge on any atom is -0.335 e. The maximum Gasteiger partial charge on any atom is 0.270 e. The minimum atomic E-state index is -3.57. The summed E-state index contributed by atoms with van der Waals surface area (Å²) in [6.07, 6.45) is 4.77. The maximum atomic E-state index is 13.0. The fourth-order valence-corrected chi connectivity index (χ4v) is 5.44. The predicted molar refractivity (Wildman–Crippen MR) is 103 cm³/mol. The van der Waals surface area contributed by atoms with Gasteiger partial charge in [-0.05, 0) is 48.9 Å². The molecule has 0 unspecified atom stereocenters. The quantitative estimate of drug-likeness (QED) is 0.800. The summed E-state index contributed by atoms with van der Waals surface area (Å²) >= 11 is 0. The molecule has 1 aromatic rings. The molecule has 150 valence electrons. The molecule has 3 aliphatic rings. The van der Waals surface area contributed by atoms with Crippen LogP contribution in [0.3, 0.4) is 0 Å². The van der Waals surface area contributed by atoms with Crippen LogP contribution in [0.5, 0.6) is 0 Å². The van der Waals surface area contributed by atoms with Crippen molar-refractivity contribution in [1.29, 1.82) is 0 Å². The van der Waals surface area contributed by atoms with Gasteiger partial charge in [-0.3, -0.25) is 9.59 Å². The van der Waals surface area contributed by atoms with E-state index in [1.165, 1.54) is 9.87 Å². The lowest BCUT2D eigenvalue weighted by atomic mass is 9.92. The molecule has 0 saturated carbocycles. The molecule has 8 nitrogen and oxygen atoms in total. The number of carbonyl (C=O) groups is 2. The molecule has 2 aliphatic heterocycles. The van der Waals surface area contributed by atoms with Crippen LogP contribution in [-0.4, -0.2) is 61.3 Å². The first-order valence-corrected chi connectivity index (χ1v) is 11.2. The monoisotopic (exact) mass is 404 g/mol. The Kier molecular flexibility index (Phi) is 5.20. The number of piperazine rings is 1. The van der Waals surface area contributed by atoms with Crippen molar-refractivity contribution in [1.82, 2.24) is 14.6 Å². The van der Waals surface area contributed by atoms with Crippen LogP contribution in [-0.2, 0) is 32.5 Å². The van der Waals surface area contributed by atoms with Gasteiger partial charge in [0, 0.05) is 39.0 Å². The molecule has 1 saturated heterocycles. The van der Waals surface area contributed by atoms with Gasteiger partial charge in [0.15, 0.2) is 0 Å². The van der Waals surface area contributed by atoms with Gasteiger partial charge >= 0.3 is 0 Å². The third-order valence-corrected chi connectivity index (χ3v) is 7.53. The highest BCUT2D eigenvalue weighted by atomic mass is 32.2. The second-order valence-electron chi connectivity index (χ2n) is 7.43. The molecule has 1 N–H and O–H groups in total. The van der Waals surface area contributed by atoms with E-state index in [1.807, 2.05) is 12.1 Å². The number of aryl methyl sites for hydroxylation is 2. The zero-order valence-corrected chi connectivity index (χ0v) is 16.5. The number of benzene rings is 1. The second kappa shape index (κ2) is 7.63. The van der Waals surface area contributed by atoms with Gasteiger partial charge in [-0.25, -0.2) is 13.8 Å². The molecule has 0 aromatic heterocycles. The van der Waals surface area contributed by atoms with E-state index in [4.69, 9.17) is 0 Å². The molecular formula is C19H24N4O4S. The van der Waals surface area contributed by atoms with Crippen LogP contribution in [0.25, 0.3) is 0 Å². The fourth-order valence-electron chi connectivity index (χ4n) is 3.96. The van der Waals surface area contributed by atoms with Gasteiger partial charge in [0.1, 0.15) is 5.71 Å². The summed E-state index contributed by atoms with van der Waals surface area (Å²) in [4.78, 5) is 25.6. The second-order valence-corrected chi connectivity index (χ2v) is 9.37. The van der Waals surface area contributed by atoms with Crippen molar-refractivity contribution in [2.24, 2.45) is 5.10 Å². The first-order valence-electron chi connectivity index (χ1n) is 9.72. The van der Waals surface area contributed by atoms with Gasteiger partial charge in [0.25, 0.3) is 5.91 Å². The van der Waals surface area contributed by atoms with Gasteiger partial charge in [0.05, 0.1) is 4.90 Å². The largest absolute Gasteiger partial charge is 0.335 e. The summed E-state index contributed by atoms with van der Waals surface area (Å²) in [5.41, 5.74) is 5.04. The van der Waals surface area contributed by atoms with Crippen molar-refractivity contribution in [3.63, 3.8) is 0 Å². The van der Waals surface area contributed by atoms with Crippen molar-refractivity contribution in [3.05, 3.63) is 29.3 Å². The number of nitrogens with one attached hydrogen (secondary N) is 1. The standard InChI is InChI=1S/C19H24N4O4S/c24-18-8-7-17(20-21-18)19(25)22-9-11-23(12-10-22)28(26,27)16-6-5-14-3-1-2-4-15(14)13-16/h5-6,13H,1-4,7-12H2,(H,21,24). The summed E-state index contributed by atoms with van der Waals surface area (Å²) in [5.74, 6) is -0.427. The van der Waals surface area contributed by atoms with Crippen molar-refractivity contribution in [2.45, 2.75) is 43.4 Å². The smallest absolute Gasteiger partial charge is 0.270 e. The van der Waals surface area contributed by atoms with E-state index in [0.29, 0.717) is 30.1 Å². The Hall–Kier alpha value is -2.26. The van der Waals surface area contributed by atoms with Crippen LogP contribution in [0.4, 0.5) is 0 Å². The molecule has 2 heterocycles. The summed E-state index contributed by atoms with van der Waals surface area (Å²) in [7, 11) is -3.57. The number of hydrogen-bond donors (Lipinski definition) is 1. The van der Waals surface area contributed by atoms with Gasteiger partial charge in [0.2, 0.25) is 15.9 Å². The molecule has 1 fully saturated rings. The van der Waals surface area contributed by atoms with Crippen LogP contribution in [0, 0.1) is 0 Å². The summed E-state index contributed by atoms with van der Waals surface area (Å²) < 4.78 is 27.5. The molecule has 28 heavy (non-hydrogen) atoms. The van der Waals surface area contributed by atoms with E-state index in [0.717, 1.165) is 31.2 Å². The molecule has 1 aliphatic carbocycles. The number of hydrazone groups is 1. The zero-order chi connectivity index (χ0) is 19.7. The topological polar surface area (TPSA) is 99.2 Å². The van der Waals surface area contributed by atoms with Crippen molar-refractivity contribution < 1.29 is 18.0 Å². The van der Waals surface area contributed by atoms with Gasteiger partial charge in [-0.2, -0.15) is 9.41 Å². The molecule has 0 bridgehead atoms. The number of fused-ring (bicyclic) bond motifs is 1. The van der Waals surface area contributed by atoms with Crippen molar-refractivity contribution in [2.75, 3.05) is 26.2 Å². The third-order valence-electron chi connectivity index (χ3n) is 5.63. The fraction of sp³-hybridized carbons (Fsp3) is 0.526. The van der Waals surface area contributed by atoms with Gasteiger partial charge in [-0.15, -0.1) is 0 Å². The molecule has 0 atom stereocenters. The van der Waals surface area contributed by atoms with Crippen LogP contribution in [0.2, 0.25) is 0 Å². The molecule has 9 heteroatoms. The highest BCUT2D eigenvalue weighted by Crippen LogP contribution is 2.26. The lowest BCUT2D eigenvalue weighted by Gasteiger charge is -2.34. The van der Waals surface area contributed by atoms with Crippen molar-refractivity contribution >= 4 is 27.5 Å². The van der Waals surface area contributed by atoms with E-state index in [-0.39, 0.29) is 31.3 Å². The highest BCUT2D eigenvalue weighted by Gasteiger charge is 2.32. The Labute approximate surface area is 164 Å². The highest BCUT2D eigenvalue weighted by molar-refractivity contribution is 7.89. The summed E-state index contributed by atoms with van der Waals surface area (Å²) in [6.45, 7) is 1.14. The van der Waals surface area contributed by atoms with Crippen LogP contribution < -0.4 is 5.43 Å². The van der Waals surface area contributed by atoms with Crippen LogP contribution >= 0.6 is 0 Å². The van der Waals surface area contributed by atoms with E-state index in [2.05, 4.69) is 10.5 Å². The van der Waals surface area contributed by atoms with Crippen molar-refractivity contribution in [3.8, 4) is 0 Å². The molecule has 0 radical (unpaired) electrons. The Bertz CT molecular complexity index is 933. The average molecular weight is 404 g/mol. The van der Waals surface area contributed by atoms with E-state index >= 15 is 0 Å². The number of carbonyl (C=O) groups excluding carboxylic acids is 2. The third kappa shape index (κ3) is 3.68. The number of amides is 2. The number of nitrogens with zero attached hydrogens (tertiary/aromatic N) is 3. The maximum absolute atomic E-state index is 13.0. The van der Waals surface area contributed by atoms with E-state index in [9.17, 15) is 18.0 Å². The summed E-state index contributed by atoms with van der Waals surface area (Å²) in [5, 5.41) is 3.84. The van der Waals surface area contributed by atoms with E-state index in [1.54, 1.807) is 11.0 Å². The minimum absolute atomic E-state index is 0.197. The lowest BCUT2D eigenvalue weighted by molar-refractivity contribution is -0.125. The number of hydrogen-bond acceptors (Lipinski definition) is 5. The molecule has 1 aromatic carbocycles. The average Bonchev–Trinajstić information content (AvgIpc) is 2.73. The Morgan fingerprint density at radius 1 is 0.964 bits per heavy atom. The summed E-state index contributed by atoms with van der Waals surface area (Å²) in [6, 6.07) is 5.47. The van der Waals surface area contributed by atoms with Gasteiger partial charge in [-0.1, -0.05) is 6.07 Å². The van der Waals surface area contributed by atoms with Crippen LogP contribution in [0.1, 0.15) is 36.8 Å². The zero-order valence-electron chi connectivity index (χ0n) is 15.7. The molecule has 2 amide bonds.